The normalized spacial score (nSPS) is 14.1. The van der Waals surface area contributed by atoms with E-state index in [4.69, 9.17) is 14.2 Å². The maximum atomic E-state index is 12.8. The van der Waals surface area contributed by atoms with Gasteiger partial charge in [-0.15, -0.1) is 0 Å². The Kier molecular flexibility index (Phi) is 5.57. The van der Waals surface area contributed by atoms with Crippen LogP contribution in [0, 0.1) is 6.92 Å². The van der Waals surface area contributed by atoms with Crippen molar-refractivity contribution >= 4 is 11.9 Å². The van der Waals surface area contributed by atoms with Crippen LogP contribution in [0.2, 0.25) is 0 Å². The molecule has 1 aliphatic carbocycles. The molecule has 1 aliphatic rings. The Morgan fingerprint density at radius 1 is 1.07 bits per heavy atom. The molecule has 1 aromatic heterocycles. The second kappa shape index (κ2) is 8.45. The van der Waals surface area contributed by atoms with Gasteiger partial charge in [-0.1, -0.05) is 12.1 Å². The average molecular weight is 404 g/mol. The van der Waals surface area contributed by atoms with Crippen LogP contribution in [0.4, 0.5) is 0 Å². The van der Waals surface area contributed by atoms with Crippen molar-refractivity contribution in [1.29, 1.82) is 0 Å². The van der Waals surface area contributed by atoms with Crippen molar-refractivity contribution in [3.05, 3.63) is 76.6 Å². The summed E-state index contributed by atoms with van der Waals surface area (Å²) >= 11 is 0. The fourth-order valence-electron chi connectivity index (χ4n) is 3.60. The van der Waals surface area contributed by atoms with Crippen molar-refractivity contribution in [2.24, 2.45) is 0 Å². The first-order valence-corrected chi connectivity index (χ1v) is 9.80. The summed E-state index contributed by atoms with van der Waals surface area (Å²) in [5, 5.41) is 4.25. The van der Waals surface area contributed by atoms with Crippen LogP contribution in [0.3, 0.4) is 0 Å². The van der Waals surface area contributed by atoms with E-state index in [9.17, 15) is 4.79 Å². The third-order valence-electron chi connectivity index (χ3n) is 5.25. The highest BCUT2D eigenvalue weighted by molar-refractivity contribution is 6.15. The van der Waals surface area contributed by atoms with Crippen molar-refractivity contribution in [1.82, 2.24) is 9.78 Å². The first kappa shape index (κ1) is 19.8. The zero-order valence-corrected chi connectivity index (χ0v) is 17.3. The van der Waals surface area contributed by atoms with E-state index >= 15 is 0 Å². The Bertz CT molecular complexity index is 1100. The highest BCUT2D eigenvalue weighted by atomic mass is 16.5. The number of fused-ring (bicyclic) bond motifs is 1. The number of rotatable bonds is 7. The third kappa shape index (κ3) is 3.94. The van der Waals surface area contributed by atoms with Gasteiger partial charge in [-0.3, -0.25) is 9.48 Å². The van der Waals surface area contributed by atoms with Gasteiger partial charge in [-0.05, 0) is 54.5 Å². The number of ketones is 1. The number of allylic oxidation sites excluding steroid dienone is 1. The van der Waals surface area contributed by atoms with Gasteiger partial charge in [0.2, 0.25) is 0 Å². The van der Waals surface area contributed by atoms with Crippen LogP contribution in [0.1, 0.15) is 27.2 Å². The molecular formula is C24H24N2O4. The predicted octanol–water partition coefficient (Wildman–Crippen LogP) is 4.11. The Hall–Kier alpha value is -3.54. The largest absolute Gasteiger partial charge is 0.493 e. The van der Waals surface area contributed by atoms with Crippen molar-refractivity contribution in [3.8, 4) is 17.2 Å². The number of nitrogens with zero attached hydrogens (tertiary/aromatic N) is 2. The highest BCUT2D eigenvalue weighted by Gasteiger charge is 2.27. The van der Waals surface area contributed by atoms with E-state index in [1.54, 1.807) is 26.5 Å². The molecule has 0 N–H and O–H groups in total. The van der Waals surface area contributed by atoms with E-state index in [2.05, 4.69) is 5.10 Å². The van der Waals surface area contributed by atoms with E-state index in [1.807, 2.05) is 54.1 Å². The first-order valence-electron chi connectivity index (χ1n) is 9.80. The minimum Gasteiger partial charge on any atom is -0.493 e. The molecular weight excluding hydrogens is 380 g/mol. The van der Waals surface area contributed by atoms with Gasteiger partial charge >= 0.3 is 0 Å². The summed E-state index contributed by atoms with van der Waals surface area (Å²) in [5.41, 5.74) is 4.45. The van der Waals surface area contributed by atoms with E-state index < -0.39 is 0 Å². The van der Waals surface area contributed by atoms with Crippen LogP contribution in [0.25, 0.3) is 6.08 Å². The quantitative estimate of drug-likeness (QED) is 0.555. The molecule has 1 heterocycles. The molecule has 3 aromatic rings. The summed E-state index contributed by atoms with van der Waals surface area (Å²) < 4.78 is 18.4. The van der Waals surface area contributed by atoms with Crippen LogP contribution in [-0.4, -0.2) is 36.4 Å². The number of hydrogen-bond acceptors (Lipinski definition) is 5. The summed E-state index contributed by atoms with van der Waals surface area (Å²) in [6, 6.07) is 13.4. The second-order valence-electron chi connectivity index (χ2n) is 7.15. The summed E-state index contributed by atoms with van der Waals surface area (Å²) in [4.78, 5) is 12.8. The number of hydrogen-bond donors (Lipinski definition) is 0. The Morgan fingerprint density at radius 3 is 2.47 bits per heavy atom. The number of carbonyl (C=O) groups excluding carboxylic acids is 1. The maximum Gasteiger partial charge on any atom is 0.189 e. The fourth-order valence-corrected chi connectivity index (χ4v) is 3.60. The molecule has 0 fully saturated rings. The summed E-state index contributed by atoms with van der Waals surface area (Å²) in [6.45, 7) is 3.26. The summed E-state index contributed by atoms with van der Waals surface area (Å²) in [5.74, 6) is 2.02. The minimum absolute atomic E-state index is 0.0286. The number of benzene rings is 2. The molecule has 0 atom stereocenters. The van der Waals surface area contributed by atoms with E-state index in [0.717, 1.165) is 28.1 Å². The molecule has 0 bridgehead atoms. The monoisotopic (exact) mass is 404 g/mol. The van der Waals surface area contributed by atoms with Crippen molar-refractivity contribution in [3.63, 3.8) is 0 Å². The lowest BCUT2D eigenvalue weighted by Crippen LogP contribution is -2.10. The van der Waals surface area contributed by atoms with E-state index in [0.29, 0.717) is 36.6 Å². The molecule has 0 saturated carbocycles. The Morgan fingerprint density at radius 2 is 1.80 bits per heavy atom. The van der Waals surface area contributed by atoms with Crippen molar-refractivity contribution < 1.29 is 19.0 Å². The number of methoxy groups -OCH3 is 2. The topological polar surface area (TPSA) is 62.6 Å². The average Bonchev–Trinajstić information content (AvgIpc) is 3.31. The molecule has 0 radical (unpaired) electrons. The molecule has 6 heteroatoms. The Balaban J connectivity index is 1.43. The standard InChI is InChI=1S/C24H24N2O4/c1-16-8-9-25-26(16)10-11-30-20-6-4-17(5-7-20)12-19-13-18-14-22(28-2)23(29-3)15-21(18)24(19)27/h4-9,12,14-15H,10-11,13H2,1-3H3. The lowest BCUT2D eigenvalue weighted by Gasteiger charge is -2.08. The van der Waals surface area contributed by atoms with Gasteiger partial charge in [-0.2, -0.15) is 5.10 Å². The molecule has 30 heavy (non-hydrogen) atoms. The van der Waals surface area contributed by atoms with Gasteiger partial charge in [0.05, 0.1) is 20.8 Å². The SMILES string of the molecule is COc1cc2c(cc1OC)C(=O)C(=Cc1ccc(OCCn3nccc3C)cc1)C2. The lowest BCUT2D eigenvalue weighted by molar-refractivity contribution is 0.104. The maximum absolute atomic E-state index is 12.8. The predicted molar refractivity (Wildman–Crippen MR) is 114 cm³/mol. The molecule has 2 aromatic carbocycles. The first-order chi connectivity index (χ1) is 14.6. The summed E-state index contributed by atoms with van der Waals surface area (Å²) in [6.07, 6.45) is 4.29. The number of aryl methyl sites for hydroxylation is 1. The second-order valence-corrected chi connectivity index (χ2v) is 7.15. The van der Waals surface area contributed by atoms with Gasteiger partial charge < -0.3 is 14.2 Å². The van der Waals surface area contributed by atoms with Gasteiger partial charge in [0.25, 0.3) is 0 Å². The number of carbonyl (C=O) groups is 1. The van der Waals surface area contributed by atoms with Crippen LogP contribution >= 0.6 is 0 Å². The molecule has 0 unspecified atom stereocenters. The molecule has 154 valence electrons. The number of aromatic nitrogens is 2. The van der Waals surface area contributed by atoms with Gasteiger partial charge in [0.15, 0.2) is 17.3 Å². The van der Waals surface area contributed by atoms with Crippen LogP contribution in [0.15, 0.2) is 54.2 Å². The van der Waals surface area contributed by atoms with Crippen LogP contribution in [-0.2, 0) is 13.0 Å². The third-order valence-corrected chi connectivity index (χ3v) is 5.25. The van der Waals surface area contributed by atoms with Crippen molar-refractivity contribution in [2.45, 2.75) is 19.9 Å². The smallest absolute Gasteiger partial charge is 0.189 e. The van der Waals surface area contributed by atoms with Crippen molar-refractivity contribution in [2.75, 3.05) is 20.8 Å². The van der Waals surface area contributed by atoms with E-state index in [1.165, 1.54) is 0 Å². The zero-order chi connectivity index (χ0) is 21.1. The minimum atomic E-state index is 0.0286. The number of Topliss-reactive ketones (excluding diaryl/α,β-unsaturated/α-hetero) is 1. The lowest BCUT2D eigenvalue weighted by atomic mass is 10.1. The van der Waals surface area contributed by atoms with Gasteiger partial charge in [-0.25, -0.2) is 0 Å². The van der Waals surface area contributed by atoms with Gasteiger partial charge in [0.1, 0.15) is 12.4 Å². The molecule has 0 amide bonds. The molecule has 4 rings (SSSR count). The summed E-state index contributed by atoms with van der Waals surface area (Å²) in [7, 11) is 3.16. The molecule has 0 aliphatic heterocycles. The van der Waals surface area contributed by atoms with E-state index in [-0.39, 0.29) is 5.78 Å². The van der Waals surface area contributed by atoms with Crippen LogP contribution in [0.5, 0.6) is 17.2 Å². The fraction of sp³-hybridized carbons (Fsp3) is 0.250. The number of ether oxygens (including phenoxy) is 3. The highest BCUT2D eigenvalue weighted by Crippen LogP contribution is 2.37. The molecule has 0 spiro atoms. The van der Waals surface area contributed by atoms with Gasteiger partial charge in [0, 0.05) is 29.4 Å². The van der Waals surface area contributed by atoms with Crippen LogP contribution < -0.4 is 14.2 Å². The molecule has 0 saturated heterocycles. The molecule has 6 nitrogen and oxygen atoms in total. The zero-order valence-electron chi connectivity index (χ0n) is 17.3. The Labute approximate surface area is 175 Å².